The number of methoxy groups -OCH3 is 1. The van der Waals surface area contributed by atoms with Gasteiger partial charge in [0.1, 0.15) is 29.5 Å². The van der Waals surface area contributed by atoms with Crippen LogP contribution in [0.15, 0.2) is 48.5 Å². The normalized spacial score (nSPS) is 11.6. The Hall–Kier alpha value is -1.72. The Morgan fingerprint density at radius 1 is 1.00 bits per heavy atom. The molecule has 0 saturated heterocycles. The van der Waals surface area contributed by atoms with E-state index in [-0.39, 0.29) is 5.97 Å². The van der Waals surface area contributed by atoms with Crippen molar-refractivity contribution < 1.29 is 19.0 Å². The molecule has 0 aliphatic heterocycles. The van der Waals surface area contributed by atoms with Crippen LogP contribution in [0.25, 0.3) is 0 Å². The molecular weight excluding hydrogens is 384 g/mol. The molecule has 2 aromatic rings. The molecule has 23 heavy (non-hydrogen) atoms. The molecule has 1 unspecified atom stereocenters. The minimum atomic E-state index is -0.477. The van der Waals surface area contributed by atoms with Crippen molar-refractivity contribution in [1.82, 2.24) is 0 Å². The molecule has 2 rings (SSSR count). The van der Waals surface area contributed by atoms with Gasteiger partial charge in [-0.15, -0.1) is 0 Å². The Kier molecular flexibility index (Phi) is 6.74. The summed E-state index contributed by atoms with van der Waals surface area (Å²) in [6.45, 7) is 0.837. The van der Waals surface area contributed by atoms with Crippen LogP contribution in [-0.2, 0) is 9.53 Å². The summed E-state index contributed by atoms with van der Waals surface area (Å²) in [6, 6.07) is 14.4. The highest BCUT2D eigenvalue weighted by molar-refractivity contribution is 9.09. The van der Waals surface area contributed by atoms with Crippen LogP contribution in [0.4, 0.5) is 0 Å². The summed E-state index contributed by atoms with van der Waals surface area (Å²) in [6.07, 6.45) is 0. The lowest BCUT2D eigenvalue weighted by molar-refractivity contribution is -0.139. The van der Waals surface area contributed by atoms with Crippen LogP contribution in [0, 0.1) is 0 Å². The van der Waals surface area contributed by atoms with E-state index < -0.39 is 4.83 Å². The standard InChI is InChI=1S/C17H16BrClO4/c1-21-17(20)16(18)12-2-6-14(7-3-12)22-10-11-23-15-8-4-13(19)5-9-15/h2-9,16H,10-11H2,1H3. The van der Waals surface area contributed by atoms with E-state index in [0.29, 0.717) is 24.0 Å². The molecule has 122 valence electrons. The fourth-order valence-electron chi connectivity index (χ4n) is 1.82. The third-order valence-electron chi connectivity index (χ3n) is 3.02. The van der Waals surface area contributed by atoms with Crippen LogP contribution >= 0.6 is 27.5 Å². The molecule has 0 fully saturated rings. The van der Waals surface area contributed by atoms with Crippen LogP contribution in [0.5, 0.6) is 11.5 Å². The van der Waals surface area contributed by atoms with E-state index in [0.717, 1.165) is 11.3 Å². The van der Waals surface area contributed by atoms with Crippen LogP contribution < -0.4 is 9.47 Å². The molecule has 0 saturated carbocycles. The molecule has 2 aromatic carbocycles. The summed E-state index contributed by atoms with van der Waals surface area (Å²) >= 11 is 9.09. The summed E-state index contributed by atoms with van der Waals surface area (Å²) < 4.78 is 15.8. The van der Waals surface area contributed by atoms with Crippen molar-refractivity contribution >= 4 is 33.5 Å². The first-order valence-electron chi connectivity index (χ1n) is 6.93. The van der Waals surface area contributed by atoms with Crippen molar-refractivity contribution in [3.63, 3.8) is 0 Å². The van der Waals surface area contributed by atoms with Gasteiger partial charge in [0.05, 0.1) is 7.11 Å². The van der Waals surface area contributed by atoms with E-state index >= 15 is 0 Å². The zero-order valence-electron chi connectivity index (χ0n) is 12.5. The van der Waals surface area contributed by atoms with E-state index in [4.69, 9.17) is 21.1 Å². The third-order valence-corrected chi connectivity index (χ3v) is 4.17. The number of carbonyl (C=O) groups excluding carboxylic acids is 1. The highest BCUT2D eigenvalue weighted by Gasteiger charge is 2.17. The predicted molar refractivity (Wildman–Crippen MR) is 92.6 cm³/mol. The van der Waals surface area contributed by atoms with E-state index in [1.54, 1.807) is 36.4 Å². The maximum atomic E-state index is 11.4. The number of hydrogen-bond acceptors (Lipinski definition) is 4. The van der Waals surface area contributed by atoms with Gasteiger partial charge in [-0.05, 0) is 42.0 Å². The molecule has 0 aliphatic carbocycles. The maximum Gasteiger partial charge on any atom is 0.323 e. The molecule has 0 N–H and O–H groups in total. The maximum absolute atomic E-state index is 11.4. The van der Waals surface area contributed by atoms with Crippen molar-refractivity contribution in [3.05, 3.63) is 59.1 Å². The zero-order chi connectivity index (χ0) is 16.7. The van der Waals surface area contributed by atoms with E-state index in [1.165, 1.54) is 7.11 Å². The van der Waals surface area contributed by atoms with Crippen molar-refractivity contribution in [2.45, 2.75) is 4.83 Å². The lowest BCUT2D eigenvalue weighted by atomic mass is 10.1. The van der Waals surface area contributed by atoms with Gasteiger partial charge in [-0.3, -0.25) is 4.79 Å². The monoisotopic (exact) mass is 398 g/mol. The highest BCUT2D eigenvalue weighted by atomic mass is 79.9. The van der Waals surface area contributed by atoms with Crippen molar-refractivity contribution in [1.29, 1.82) is 0 Å². The average molecular weight is 400 g/mol. The molecule has 4 nitrogen and oxygen atoms in total. The first-order chi connectivity index (χ1) is 11.1. The molecule has 1 atom stereocenters. The number of benzene rings is 2. The molecule has 0 aliphatic rings. The first-order valence-corrected chi connectivity index (χ1v) is 8.22. The number of hydrogen-bond donors (Lipinski definition) is 0. The summed E-state index contributed by atoms with van der Waals surface area (Å²) in [4.78, 5) is 11.0. The molecule has 6 heteroatoms. The quantitative estimate of drug-likeness (QED) is 0.393. The van der Waals surface area contributed by atoms with E-state index in [9.17, 15) is 4.79 Å². The molecule has 0 amide bonds. The second-order valence-electron chi connectivity index (χ2n) is 4.61. The topological polar surface area (TPSA) is 44.8 Å². The van der Waals surface area contributed by atoms with Gasteiger partial charge in [0.2, 0.25) is 0 Å². The van der Waals surface area contributed by atoms with Gasteiger partial charge in [-0.2, -0.15) is 0 Å². The summed E-state index contributed by atoms with van der Waals surface area (Å²) in [7, 11) is 1.36. The lowest BCUT2D eigenvalue weighted by Crippen LogP contribution is -2.10. The number of halogens is 2. The predicted octanol–water partition coefficient (Wildman–Crippen LogP) is 4.41. The lowest BCUT2D eigenvalue weighted by Gasteiger charge is -2.10. The van der Waals surface area contributed by atoms with Crippen LogP contribution in [0.3, 0.4) is 0 Å². The van der Waals surface area contributed by atoms with Gasteiger partial charge in [0.25, 0.3) is 0 Å². The Labute approximate surface area is 148 Å². The summed E-state index contributed by atoms with van der Waals surface area (Å²) in [5.74, 6) is 1.11. The highest BCUT2D eigenvalue weighted by Crippen LogP contribution is 2.25. The number of esters is 1. The van der Waals surface area contributed by atoms with Crippen molar-refractivity contribution in [3.8, 4) is 11.5 Å². The van der Waals surface area contributed by atoms with Gasteiger partial charge in [0, 0.05) is 5.02 Å². The Morgan fingerprint density at radius 3 is 1.96 bits per heavy atom. The SMILES string of the molecule is COC(=O)C(Br)c1ccc(OCCOc2ccc(Cl)cc2)cc1. The number of alkyl halides is 1. The minimum absolute atomic E-state index is 0.338. The number of ether oxygens (including phenoxy) is 3. The van der Waals surface area contributed by atoms with E-state index in [2.05, 4.69) is 20.7 Å². The van der Waals surface area contributed by atoms with Crippen molar-refractivity contribution in [2.24, 2.45) is 0 Å². The second-order valence-corrected chi connectivity index (χ2v) is 5.96. The first kappa shape index (κ1) is 17.6. The summed E-state index contributed by atoms with van der Waals surface area (Å²) in [5, 5.41) is 0.672. The summed E-state index contributed by atoms with van der Waals surface area (Å²) in [5.41, 5.74) is 0.807. The largest absolute Gasteiger partial charge is 0.490 e. The smallest absolute Gasteiger partial charge is 0.323 e. The minimum Gasteiger partial charge on any atom is -0.490 e. The molecule has 0 spiro atoms. The number of rotatable bonds is 7. The Bertz CT molecular complexity index is 628. The number of carbonyl (C=O) groups is 1. The molecule has 0 heterocycles. The Morgan fingerprint density at radius 2 is 1.48 bits per heavy atom. The second kappa shape index (κ2) is 8.79. The van der Waals surface area contributed by atoms with Crippen LogP contribution in [0.2, 0.25) is 5.02 Å². The van der Waals surface area contributed by atoms with Gasteiger partial charge in [-0.1, -0.05) is 39.7 Å². The third kappa shape index (κ3) is 5.44. The molecule has 0 bridgehead atoms. The molecule has 0 radical (unpaired) electrons. The van der Waals surface area contributed by atoms with Gasteiger partial charge in [0.15, 0.2) is 0 Å². The van der Waals surface area contributed by atoms with Gasteiger partial charge >= 0.3 is 5.97 Å². The molecular formula is C17H16BrClO4. The van der Waals surface area contributed by atoms with E-state index in [1.807, 2.05) is 12.1 Å². The van der Waals surface area contributed by atoms with Crippen molar-refractivity contribution in [2.75, 3.05) is 20.3 Å². The zero-order valence-corrected chi connectivity index (χ0v) is 14.8. The molecule has 0 aromatic heterocycles. The Balaban J connectivity index is 1.78. The van der Waals surface area contributed by atoms with Gasteiger partial charge < -0.3 is 14.2 Å². The fraction of sp³-hybridized carbons (Fsp3) is 0.235. The van der Waals surface area contributed by atoms with Gasteiger partial charge in [-0.25, -0.2) is 0 Å². The van der Waals surface area contributed by atoms with Crippen LogP contribution in [0.1, 0.15) is 10.4 Å². The van der Waals surface area contributed by atoms with Crippen LogP contribution in [-0.4, -0.2) is 26.3 Å². The average Bonchev–Trinajstić information content (AvgIpc) is 2.59. The fourth-order valence-corrected chi connectivity index (χ4v) is 2.44.